The number of aromatic nitrogens is 1. The number of amides is 2. The molecule has 0 spiro atoms. The molecule has 0 aliphatic carbocycles. The van der Waals surface area contributed by atoms with Crippen LogP contribution in [0.15, 0.2) is 41.3 Å². The van der Waals surface area contributed by atoms with E-state index in [2.05, 4.69) is 15.2 Å². The number of carbonyl (C=O) groups is 2. The number of nitrogens with one attached hydrogen (secondary N) is 2. The number of hydrogen-bond acceptors (Lipinski definition) is 6. The number of hydrogen-bond donors (Lipinski definition) is 2. The van der Waals surface area contributed by atoms with Gasteiger partial charge >= 0.3 is 0 Å². The number of benzene rings is 2. The number of likely N-dealkylation sites (tertiary alicyclic amines) is 1. The lowest BCUT2D eigenvalue weighted by molar-refractivity contribution is -0.110. The summed E-state index contributed by atoms with van der Waals surface area (Å²) in [5, 5.41) is 3.36. The largest absolute Gasteiger partial charge is 0.379 e. The summed E-state index contributed by atoms with van der Waals surface area (Å²) < 4.78 is 32.3. The first-order valence-corrected chi connectivity index (χ1v) is 17.1. The van der Waals surface area contributed by atoms with Crippen LogP contribution in [0.25, 0.3) is 11.6 Å². The molecule has 1 aromatic heterocycles. The number of carbonyl (C=O) groups excluding carboxylic acids is 2. The van der Waals surface area contributed by atoms with Gasteiger partial charge in [-0.3, -0.25) is 14.5 Å². The highest BCUT2D eigenvalue weighted by Gasteiger charge is 2.34. The predicted octanol–water partition coefficient (Wildman–Crippen LogP) is 5.34. The molecule has 4 heterocycles. The Kier molecular flexibility index (Phi) is 8.65. The monoisotopic (exact) mass is 656 g/mol. The smallest absolute Gasteiger partial charge is 0.256 e. The molecule has 2 aromatic carbocycles. The molecule has 3 aliphatic heterocycles. The average Bonchev–Trinajstić information content (AvgIpc) is 3.66. The second kappa shape index (κ2) is 12.3. The van der Waals surface area contributed by atoms with Crippen molar-refractivity contribution in [1.82, 2.24) is 14.8 Å². The number of morpholine rings is 1. The normalized spacial score (nSPS) is 19.9. The minimum atomic E-state index is -3.84. The van der Waals surface area contributed by atoms with Crippen molar-refractivity contribution in [1.29, 1.82) is 0 Å². The first-order valence-electron chi connectivity index (χ1n) is 14.7. The van der Waals surface area contributed by atoms with Crippen LogP contribution in [0.2, 0.25) is 10.0 Å². The van der Waals surface area contributed by atoms with Crippen molar-refractivity contribution in [3.8, 4) is 0 Å². The molecule has 6 rings (SSSR count). The van der Waals surface area contributed by atoms with Crippen LogP contribution in [0.3, 0.4) is 0 Å². The highest BCUT2D eigenvalue weighted by atomic mass is 35.5. The standard InChI is InChI=1S/C32H34Cl2N4O5S/c1-19-29(35-20(2)30(19)32(40)38-10-4-5-21(38)17-37-11-13-43-14-12-37)16-24-23-15-22(8-9-28(23)36-31(24)39)44(41,42)18-25-26(33)6-3-7-27(25)34/h3,6-9,15-16,21,35H,4-5,10-14,17-18H2,1-2H3,(H,36,39)/t21-/m0/s1. The molecule has 2 amide bonds. The van der Waals surface area contributed by atoms with Crippen molar-refractivity contribution < 1.29 is 22.7 Å². The molecule has 44 heavy (non-hydrogen) atoms. The maximum absolute atomic E-state index is 13.9. The molecular formula is C32H34Cl2N4O5S. The van der Waals surface area contributed by atoms with Crippen LogP contribution in [-0.2, 0) is 25.1 Å². The molecule has 0 saturated carbocycles. The lowest BCUT2D eigenvalue weighted by Gasteiger charge is -2.33. The third kappa shape index (κ3) is 5.93. The number of aryl methyl sites for hydroxylation is 1. The van der Waals surface area contributed by atoms with E-state index < -0.39 is 9.84 Å². The Morgan fingerprint density at radius 2 is 1.82 bits per heavy atom. The summed E-state index contributed by atoms with van der Waals surface area (Å²) in [7, 11) is -3.84. The Balaban J connectivity index is 1.28. The first kappa shape index (κ1) is 30.9. The third-order valence-corrected chi connectivity index (χ3v) is 11.1. The van der Waals surface area contributed by atoms with Gasteiger partial charge in [0.05, 0.1) is 35.0 Å². The van der Waals surface area contributed by atoms with E-state index in [1.807, 2.05) is 18.7 Å². The van der Waals surface area contributed by atoms with E-state index in [1.165, 1.54) is 12.1 Å². The van der Waals surface area contributed by atoms with E-state index in [0.717, 1.165) is 43.7 Å². The van der Waals surface area contributed by atoms with Crippen molar-refractivity contribution in [3.05, 3.63) is 80.1 Å². The van der Waals surface area contributed by atoms with Crippen molar-refractivity contribution in [2.75, 3.05) is 44.7 Å². The highest BCUT2D eigenvalue weighted by Crippen LogP contribution is 2.37. The molecule has 0 radical (unpaired) electrons. The number of fused-ring (bicyclic) bond motifs is 1. The maximum Gasteiger partial charge on any atom is 0.256 e. The van der Waals surface area contributed by atoms with Crippen molar-refractivity contribution in [2.24, 2.45) is 0 Å². The van der Waals surface area contributed by atoms with Gasteiger partial charge in [-0.1, -0.05) is 29.3 Å². The maximum atomic E-state index is 13.9. The number of rotatable bonds is 7. The Bertz CT molecular complexity index is 1760. The fraction of sp³-hybridized carbons (Fsp3) is 0.375. The molecule has 0 bridgehead atoms. The average molecular weight is 658 g/mol. The van der Waals surface area contributed by atoms with E-state index in [4.69, 9.17) is 27.9 Å². The van der Waals surface area contributed by atoms with Crippen LogP contribution < -0.4 is 5.32 Å². The number of aromatic amines is 1. The van der Waals surface area contributed by atoms with E-state index in [-0.39, 0.29) is 38.5 Å². The Morgan fingerprint density at radius 3 is 2.55 bits per heavy atom. The SMILES string of the molecule is Cc1[nH]c(C=C2C(=O)Nc3ccc(S(=O)(=O)Cc4c(Cl)cccc4Cl)cc32)c(C)c1C(=O)N1CCC[C@H]1CN1CCOCC1. The number of halogens is 2. The van der Waals surface area contributed by atoms with Gasteiger partial charge in [0.2, 0.25) is 0 Å². The molecule has 3 aromatic rings. The van der Waals surface area contributed by atoms with Gasteiger partial charge in [-0.25, -0.2) is 8.42 Å². The molecule has 2 fully saturated rings. The summed E-state index contributed by atoms with van der Waals surface area (Å²) in [6.07, 6.45) is 3.62. The van der Waals surface area contributed by atoms with Crippen LogP contribution in [0.1, 0.15) is 51.3 Å². The van der Waals surface area contributed by atoms with E-state index >= 15 is 0 Å². The van der Waals surface area contributed by atoms with E-state index in [0.29, 0.717) is 53.4 Å². The summed E-state index contributed by atoms with van der Waals surface area (Å²) >= 11 is 12.5. The van der Waals surface area contributed by atoms with Gasteiger partial charge in [0, 0.05) is 70.5 Å². The van der Waals surface area contributed by atoms with Gasteiger partial charge in [-0.05, 0) is 68.7 Å². The van der Waals surface area contributed by atoms with E-state index in [1.54, 1.807) is 30.3 Å². The highest BCUT2D eigenvalue weighted by molar-refractivity contribution is 7.90. The van der Waals surface area contributed by atoms with Gasteiger partial charge in [-0.15, -0.1) is 0 Å². The predicted molar refractivity (Wildman–Crippen MR) is 172 cm³/mol. The van der Waals surface area contributed by atoms with Crippen LogP contribution in [0, 0.1) is 13.8 Å². The van der Waals surface area contributed by atoms with Gasteiger partial charge in [0.1, 0.15) is 0 Å². The van der Waals surface area contributed by atoms with Crippen LogP contribution in [-0.4, -0.2) is 80.5 Å². The Hall–Kier alpha value is -3.15. The molecule has 12 heteroatoms. The quantitative estimate of drug-likeness (QED) is 0.332. The fourth-order valence-electron chi connectivity index (χ4n) is 6.35. The number of nitrogens with zero attached hydrogens (tertiary/aromatic N) is 2. The zero-order chi connectivity index (χ0) is 31.2. The van der Waals surface area contributed by atoms with Gasteiger partial charge in [0.25, 0.3) is 11.8 Å². The summed E-state index contributed by atoms with van der Waals surface area (Å²) in [6, 6.07) is 9.53. The number of ether oxygens (including phenoxy) is 1. The topological polar surface area (TPSA) is 112 Å². The summed E-state index contributed by atoms with van der Waals surface area (Å²) in [5.74, 6) is -0.748. The van der Waals surface area contributed by atoms with Crippen molar-refractivity contribution in [3.63, 3.8) is 0 Å². The molecule has 2 saturated heterocycles. The summed E-state index contributed by atoms with van der Waals surface area (Å²) in [6.45, 7) is 8.46. The van der Waals surface area contributed by atoms with Crippen molar-refractivity contribution in [2.45, 2.75) is 43.4 Å². The lowest BCUT2D eigenvalue weighted by Crippen LogP contribution is -2.46. The van der Waals surface area contributed by atoms with E-state index in [9.17, 15) is 18.0 Å². The lowest BCUT2D eigenvalue weighted by atomic mass is 10.0. The molecule has 3 aliphatic rings. The number of sulfone groups is 1. The Morgan fingerprint density at radius 1 is 1.09 bits per heavy atom. The summed E-state index contributed by atoms with van der Waals surface area (Å²) in [4.78, 5) is 34.7. The minimum Gasteiger partial charge on any atom is -0.379 e. The molecular weight excluding hydrogens is 623 g/mol. The van der Waals surface area contributed by atoms with Crippen LogP contribution in [0.4, 0.5) is 5.69 Å². The number of H-pyrrole nitrogens is 1. The summed E-state index contributed by atoms with van der Waals surface area (Å²) in [5.41, 5.74) is 4.31. The molecule has 0 unspecified atom stereocenters. The first-order chi connectivity index (χ1) is 21.0. The third-order valence-electron chi connectivity index (χ3n) is 8.72. The molecule has 2 N–H and O–H groups in total. The van der Waals surface area contributed by atoms with Gasteiger partial charge < -0.3 is 19.9 Å². The number of anilines is 1. The molecule has 1 atom stereocenters. The second-order valence-corrected chi connectivity index (χ2v) is 14.4. The van der Waals surface area contributed by atoms with Crippen LogP contribution >= 0.6 is 23.2 Å². The fourth-order valence-corrected chi connectivity index (χ4v) is 8.47. The van der Waals surface area contributed by atoms with Crippen molar-refractivity contribution >= 4 is 62.2 Å². The molecule has 9 nitrogen and oxygen atoms in total. The Labute approximate surface area is 267 Å². The zero-order valence-electron chi connectivity index (χ0n) is 24.6. The van der Waals surface area contributed by atoms with Gasteiger partial charge in [0.15, 0.2) is 9.84 Å². The second-order valence-electron chi connectivity index (χ2n) is 11.6. The van der Waals surface area contributed by atoms with Gasteiger partial charge in [-0.2, -0.15) is 0 Å². The van der Waals surface area contributed by atoms with Crippen LogP contribution in [0.5, 0.6) is 0 Å². The zero-order valence-corrected chi connectivity index (χ0v) is 26.9. The minimum absolute atomic E-state index is 0.0143. The molecule has 232 valence electrons.